The minimum Gasteiger partial charge on any atom is -0.352 e. The van der Waals surface area contributed by atoms with Crippen molar-refractivity contribution in [1.82, 2.24) is 10.6 Å². The van der Waals surface area contributed by atoms with E-state index in [0.29, 0.717) is 11.3 Å². The van der Waals surface area contributed by atoms with Crippen molar-refractivity contribution in [2.24, 2.45) is 0 Å². The highest BCUT2D eigenvalue weighted by molar-refractivity contribution is 7.92. The molecule has 31 heavy (non-hydrogen) atoms. The van der Waals surface area contributed by atoms with Gasteiger partial charge in [0.15, 0.2) is 0 Å². The monoisotopic (exact) mass is 443 g/mol. The Morgan fingerprint density at radius 2 is 1.61 bits per heavy atom. The molecule has 0 bridgehead atoms. The third-order valence-corrected chi connectivity index (χ3v) is 7.01. The number of aryl methyl sites for hydroxylation is 2. The van der Waals surface area contributed by atoms with Crippen LogP contribution in [-0.4, -0.2) is 32.3 Å². The quantitative estimate of drug-likeness (QED) is 0.611. The molecule has 1 atom stereocenters. The van der Waals surface area contributed by atoms with Crippen molar-refractivity contribution in [2.75, 3.05) is 4.72 Å². The molecular weight excluding hydrogens is 414 g/mol. The van der Waals surface area contributed by atoms with Crippen LogP contribution in [0.2, 0.25) is 0 Å². The summed E-state index contributed by atoms with van der Waals surface area (Å²) in [5, 5.41) is 5.65. The van der Waals surface area contributed by atoms with Gasteiger partial charge >= 0.3 is 0 Å². The van der Waals surface area contributed by atoms with Gasteiger partial charge in [0.1, 0.15) is 6.04 Å². The number of amides is 2. The van der Waals surface area contributed by atoms with Crippen LogP contribution < -0.4 is 15.4 Å². The predicted molar refractivity (Wildman–Crippen MR) is 120 cm³/mol. The van der Waals surface area contributed by atoms with Crippen molar-refractivity contribution in [3.8, 4) is 0 Å². The number of hydrogen-bond acceptors (Lipinski definition) is 4. The van der Waals surface area contributed by atoms with E-state index in [1.54, 1.807) is 25.1 Å². The lowest BCUT2D eigenvalue weighted by Crippen LogP contribution is -2.47. The molecule has 2 aromatic rings. The lowest BCUT2D eigenvalue weighted by molar-refractivity contribution is -0.123. The van der Waals surface area contributed by atoms with Gasteiger partial charge in [0.2, 0.25) is 5.91 Å². The van der Waals surface area contributed by atoms with Gasteiger partial charge in [-0.15, -0.1) is 0 Å². The number of sulfonamides is 1. The molecule has 1 fully saturated rings. The lowest BCUT2D eigenvalue weighted by Gasteiger charge is -2.18. The third-order valence-electron chi connectivity index (χ3n) is 5.63. The molecule has 0 spiro atoms. The van der Waals surface area contributed by atoms with Gasteiger partial charge < -0.3 is 10.6 Å². The van der Waals surface area contributed by atoms with E-state index in [1.165, 1.54) is 24.3 Å². The number of nitrogens with one attached hydrogen (secondary N) is 3. The normalized spacial score (nSPS) is 15.3. The summed E-state index contributed by atoms with van der Waals surface area (Å²) in [6, 6.07) is 10.6. The van der Waals surface area contributed by atoms with Gasteiger partial charge in [-0.1, -0.05) is 18.9 Å². The van der Waals surface area contributed by atoms with Gasteiger partial charge in [-0.05, 0) is 81.1 Å². The number of carbonyl (C=O) groups is 2. The van der Waals surface area contributed by atoms with Crippen molar-refractivity contribution >= 4 is 27.5 Å². The summed E-state index contributed by atoms with van der Waals surface area (Å²) >= 11 is 0. The Morgan fingerprint density at radius 1 is 0.968 bits per heavy atom. The topological polar surface area (TPSA) is 104 Å². The Morgan fingerprint density at radius 3 is 2.23 bits per heavy atom. The Kier molecular flexibility index (Phi) is 7.00. The minimum absolute atomic E-state index is 0.180. The van der Waals surface area contributed by atoms with Gasteiger partial charge in [0, 0.05) is 17.3 Å². The first-order valence-corrected chi connectivity index (χ1v) is 12.0. The van der Waals surface area contributed by atoms with Crippen LogP contribution in [0.25, 0.3) is 0 Å². The van der Waals surface area contributed by atoms with Crippen LogP contribution in [0, 0.1) is 13.8 Å². The second-order valence-electron chi connectivity index (χ2n) is 8.11. The zero-order chi connectivity index (χ0) is 22.6. The van der Waals surface area contributed by atoms with E-state index in [2.05, 4.69) is 15.4 Å². The Hall–Kier alpha value is -2.87. The van der Waals surface area contributed by atoms with E-state index >= 15 is 0 Å². The molecule has 166 valence electrons. The summed E-state index contributed by atoms with van der Waals surface area (Å²) in [4.78, 5) is 24.9. The minimum atomic E-state index is -3.73. The highest BCUT2D eigenvalue weighted by Crippen LogP contribution is 2.20. The van der Waals surface area contributed by atoms with Crippen LogP contribution >= 0.6 is 0 Å². The van der Waals surface area contributed by atoms with Crippen molar-refractivity contribution in [3.63, 3.8) is 0 Å². The van der Waals surface area contributed by atoms with Crippen molar-refractivity contribution in [2.45, 2.75) is 63.4 Å². The highest BCUT2D eigenvalue weighted by Gasteiger charge is 2.22. The standard InChI is InChI=1S/C23H29N3O4S/c1-15-8-13-21(14-16(15)2)31(29,30)26-20-11-9-18(10-12-20)23(28)24-17(3)22(27)25-19-6-4-5-7-19/h8-14,17,19,26H,4-7H2,1-3H3,(H,24,28)(H,25,27)/t17-/m0/s1. The first-order valence-electron chi connectivity index (χ1n) is 10.5. The Labute approximate surface area is 183 Å². The molecule has 0 aliphatic heterocycles. The molecule has 0 radical (unpaired) electrons. The molecule has 7 nitrogen and oxygen atoms in total. The SMILES string of the molecule is Cc1ccc(S(=O)(=O)Nc2ccc(C(=O)N[C@@H](C)C(=O)NC3CCCC3)cc2)cc1C. The molecule has 0 aromatic heterocycles. The molecule has 0 saturated heterocycles. The molecule has 8 heteroatoms. The molecule has 1 saturated carbocycles. The van der Waals surface area contributed by atoms with E-state index in [0.717, 1.165) is 36.8 Å². The highest BCUT2D eigenvalue weighted by atomic mass is 32.2. The van der Waals surface area contributed by atoms with Crippen LogP contribution in [0.5, 0.6) is 0 Å². The molecule has 3 rings (SSSR count). The van der Waals surface area contributed by atoms with E-state index in [1.807, 2.05) is 13.8 Å². The fraction of sp³-hybridized carbons (Fsp3) is 0.391. The van der Waals surface area contributed by atoms with Gasteiger partial charge in [-0.2, -0.15) is 0 Å². The maximum atomic E-state index is 12.6. The van der Waals surface area contributed by atoms with Gasteiger partial charge in [0.25, 0.3) is 15.9 Å². The number of hydrogen-bond donors (Lipinski definition) is 3. The van der Waals surface area contributed by atoms with Crippen LogP contribution in [0.1, 0.15) is 54.1 Å². The summed E-state index contributed by atoms with van der Waals surface area (Å²) in [6.45, 7) is 5.42. The van der Waals surface area contributed by atoms with Crippen LogP contribution in [0.3, 0.4) is 0 Å². The summed E-state index contributed by atoms with van der Waals surface area (Å²) < 4.78 is 27.7. The fourth-order valence-corrected chi connectivity index (χ4v) is 4.67. The fourth-order valence-electron chi connectivity index (χ4n) is 3.53. The molecule has 1 aliphatic carbocycles. The number of benzene rings is 2. The van der Waals surface area contributed by atoms with Crippen LogP contribution in [0.4, 0.5) is 5.69 Å². The van der Waals surface area contributed by atoms with Crippen LogP contribution in [-0.2, 0) is 14.8 Å². The average Bonchev–Trinajstić information content (AvgIpc) is 3.23. The van der Waals surface area contributed by atoms with E-state index in [9.17, 15) is 18.0 Å². The largest absolute Gasteiger partial charge is 0.352 e. The lowest BCUT2D eigenvalue weighted by atomic mass is 10.1. The van der Waals surface area contributed by atoms with Crippen molar-refractivity contribution < 1.29 is 18.0 Å². The van der Waals surface area contributed by atoms with Crippen molar-refractivity contribution in [3.05, 3.63) is 59.2 Å². The van der Waals surface area contributed by atoms with Gasteiger partial charge in [0.05, 0.1) is 4.90 Å². The zero-order valence-electron chi connectivity index (χ0n) is 18.1. The Balaban J connectivity index is 1.60. The first-order chi connectivity index (χ1) is 14.7. The first kappa shape index (κ1) is 22.8. The number of carbonyl (C=O) groups excluding carboxylic acids is 2. The molecular formula is C23H29N3O4S. The number of rotatable bonds is 7. The summed E-state index contributed by atoms with van der Waals surface area (Å²) in [7, 11) is -3.73. The van der Waals surface area contributed by atoms with Gasteiger partial charge in [-0.25, -0.2) is 8.42 Å². The smallest absolute Gasteiger partial charge is 0.261 e. The maximum Gasteiger partial charge on any atom is 0.261 e. The van der Waals surface area contributed by atoms with Crippen molar-refractivity contribution in [1.29, 1.82) is 0 Å². The Bertz CT molecular complexity index is 1060. The molecule has 0 unspecified atom stereocenters. The summed E-state index contributed by atoms with van der Waals surface area (Å²) in [5.41, 5.74) is 2.60. The zero-order valence-corrected chi connectivity index (χ0v) is 18.9. The van der Waals surface area contributed by atoms with Gasteiger partial charge in [-0.3, -0.25) is 14.3 Å². The van der Waals surface area contributed by atoms with E-state index in [-0.39, 0.29) is 16.8 Å². The summed E-state index contributed by atoms with van der Waals surface area (Å²) in [5.74, 6) is -0.587. The molecule has 2 aromatic carbocycles. The molecule has 3 N–H and O–H groups in total. The molecule has 2 amide bonds. The van der Waals surface area contributed by atoms with Crippen LogP contribution in [0.15, 0.2) is 47.4 Å². The third kappa shape index (κ3) is 5.85. The molecule has 0 heterocycles. The second kappa shape index (κ2) is 9.51. The van der Waals surface area contributed by atoms with E-state index < -0.39 is 22.0 Å². The second-order valence-corrected chi connectivity index (χ2v) is 9.80. The summed E-state index contributed by atoms with van der Waals surface area (Å²) in [6.07, 6.45) is 4.19. The number of anilines is 1. The molecule has 1 aliphatic rings. The maximum absolute atomic E-state index is 12.6. The predicted octanol–water partition coefficient (Wildman–Crippen LogP) is 3.28. The average molecular weight is 444 g/mol. The van der Waals surface area contributed by atoms with E-state index in [4.69, 9.17) is 0 Å².